The number of morpholine rings is 1. The number of ether oxygens (including phenoxy) is 1. The summed E-state index contributed by atoms with van der Waals surface area (Å²) < 4.78 is 11.3. The van der Waals surface area contributed by atoms with Crippen LogP contribution < -0.4 is 0 Å². The summed E-state index contributed by atoms with van der Waals surface area (Å²) in [7, 11) is 0. The molecule has 3 heteroatoms. The van der Waals surface area contributed by atoms with Gasteiger partial charge in [-0.25, -0.2) is 0 Å². The molecule has 0 unspecified atom stereocenters. The van der Waals surface area contributed by atoms with Crippen LogP contribution in [0.15, 0.2) is 46.9 Å². The zero-order valence-electron chi connectivity index (χ0n) is 11.8. The first-order chi connectivity index (χ1) is 9.92. The molecule has 106 valence electrons. The molecule has 1 saturated heterocycles. The molecule has 0 N–H and O–H groups in total. The summed E-state index contributed by atoms with van der Waals surface area (Å²) in [5.41, 5.74) is 1.15. The van der Waals surface area contributed by atoms with Gasteiger partial charge in [0.25, 0.3) is 0 Å². The van der Waals surface area contributed by atoms with Gasteiger partial charge in [0, 0.05) is 25.1 Å². The van der Waals surface area contributed by atoms with Gasteiger partial charge in [-0.05, 0) is 25.1 Å². The van der Waals surface area contributed by atoms with Gasteiger partial charge in [-0.1, -0.05) is 30.3 Å². The van der Waals surface area contributed by atoms with Crippen molar-refractivity contribution in [2.45, 2.75) is 12.8 Å². The Morgan fingerprint density at radius 2 is 1.75 bits per heavy atom. The van der Waals surface area contributed by atoms with Crippen molar-refractivity contribution in [3.63, 3.8) is 0 Å². The number of hydrogen-bond acceptors (Lipinski definition) is 3. The van der Waals surface area contributed by atoms with Crippen molar-refractivity contribution in [2.75, 3.05) is 32.8 Å². The fourth-order valence-corrected chi connectivity index (χ4v) is 2.57. The van der Waals surface area contributed by atoms with Crippen LogP contribution in [0.3, 0.4) is 0 Å². The number of rotatable bonds is 5. The second-order valence-electron chi connectivity index (χ2n) is 5.19. The van der Waals surface area contributed by atoms with Gasteiger partial charge in [0.2, 0.25) is 0 Å². The van der Waals surface area contributed by atoms with Crippen molar-refractivity contribution in [1.82, 2.24) is 4.90 Å². The van der Waals surface area contributed by atoms with Gasteiger partial charge in [0.1, 0.15) is 11.5 Å². The lowest BCUT2D eigenvalue weighted by molar-refractivity contribution is 0.0373. The molecule has 1 aromatic carbocycles. The Balaban J connectivity index is 1.50. The second-order valence-corrected chi connectivity index (χ2v) is 5.19. The third kappa shape index (κ3) is 3.50. The monoisotopic (exact) mass is 271 g/mol. The minimum Gasteiger partial charge on any atom is -0.461 e. The molecule has 2 heterocycles. The predicted octanol–water partition coefficient (Wildman–Crippen LogP) is 3.21. The van der Waals surface area contributed by atoms with E-state index in [4.69, 9.17) is 9.15 Å². The average Bonchev–Trinajstić information content (AvgIpc) is 2.98. The van der Waals surface area contributed by atoms with Gasteiger partial charge < -0.3 is 9.15 Å². The highest BCUT2D eigenvalue weighted by Gasteiger charge is 2.10. The van der Waals surface area contributed by atoms with Crippen LogP contribution in [0.5, 0.6) is 0 Å². The summed E-state index contributed by atoms with van der Waals surface area (Å²) in [6.07, 6.45) is 2.14. The Hall–Kier alpha value is -1.58. The Morgan fingerprint density at radius 3 is 2.55 bits per heavy atom. The molecule has 3 nitrogen and oxygen atoms in total. The summed E-state index contributed by atoms with van der Waals surface area (Å²) in [6.45, 7) is 5.00. The summed E-state index contributed by atoms with van der Waals surface area (Å²) in [4.78, 5) is 2.46. The molecule has 1 aromatic heterocycles. The lowest BCUT2D eigenvalue weighted by Gasteiger charge is -2.26. The van der Waals surface area contributed by atoms with Crippen LogP contribution in [0.4, 0.5) is 0 Å². The van der Waals surface area contributed by atoms with Crippen LogP contribution >= 0.6 is 0 Å². The van der Waals surface area contributed by atoms with Gasteiger partial charge in [-0.2, -0.15) is 0 Å². The molecule has 0 bridgehead atoms. The highest BCUT2D eigenvalue weighted by Crippen LogP contribution is 2.22. The smallest absolute Gasteiger partial charge is 0.134 e. The van der Waals surface area contributed by atoms with Gasteiger partial charge in [-0.15, -0.1) is 0 Å². The molecule has 3 rings (SSSR count). The van der Waals surface area contributed by atoms with Gasteiger partial charge in [0.15, 0.2) is 0 Å². The molecule has 1 aliphatic rings. The van der Waals surface area contributed by atoms with E-state index in [0.29, 0.717) is 0 Å². The van der Waals surface area contributed by atoms with Crippen LogP contribution in [0.2, 0.25) is 0 Å². The van der Waals surface area contributed by atoms with E-state index < -0.39 is 0 Å². The van der Waals surface area contributed by atoms with Crippen LogP contribution in [0.25, 0.3) is 11.3 Å². The Labute approximate surface area is 120 Å². The third-order valence-corrected chi connectivity index (χ3v) is 3.72. The molecule has 0 atom stereocenters. The lowest BCUT2D eigenvalue weighted by Crippen LogP contribution is -2.36. The quantitative estimate of drug-likeness (QED) is 0.835. The second kappa shape index (κ2) is 6.73. The van der Waals surface area contributed by atoms with E-state index in [0.717, 1.165) is 62.8 Å². The van der Waals surface area contributed by atoms with E-state index >= 15 is 0 Å². The van der Waals surface area contributed by atoms with Gasteiger partial charge in [0.05, 0.1) is 13.2 Å². The maximum absolute atomic E-state index is 5.92. The highest BCUT2D eigenvalue weighted by atomic mass is 16.5. The molecule has 1 aliphatic heterocycles. The van der Waals surface area contributed by atoms with Crippen molar-refractivity contribution < 1.29 is 9.15 Å². The Bertz CT molecular complexity index is 515. The summed E-state index contributed by atoms with van der Waals surface area (Å²) in [6, 6.07) is 14.4. The normalized spacial score (nSPS) is 16.4. The molecule has 2 aromatic rings. The molecule has 1 fully saturated rings. The number of hydrogen-bond donors (Lipinski definition) is 0. The molecule has 20 heavy (non-hydrogen) atoms. The lowest BCUT2D eigenvalue weighted by atomic mass is 10.2. The molecule has 0 spiro atoms. The van der Waals surface area contributed by atoms with Crippen LogP contribution in [0.1, 0.15) is 12.2 Å². The molecular formula is C17H21NO2. The van der Waals surface area contributed by atoms with Crippen molar-refractivity contribution >= 4 is 0 Å². The first-order valence-corrected chi connectivity index (χ1v) is 7.36. The summed E-state index contributed by atoms with van der Waals surface area (Å²) in [5, 5.41) is 0. The molecule has 0 aliphatic carbocycles. The van der Waals surface area contributed by atoms with Crippen molar-refractivity contribution in [2.24, 2.45) is 0 Å². The van der Waals surface area contributed by atoms with Crippen LogP contribution in [0, 0.1) is 0 Å². The topological polar surface area (TPSA) is 25.6 Å². The fourth-order valence-electron chi connectivity index (χ4n) is 2.57. The average molecular weight is 271 g/mol. The Morgan fingerprint density at radius 1 is 0.950 bits per heavy atom. The number of nitrogens with zero attached hydrogens (tertiary/aromatic N) is 1. The highest BCUT2D eigenvalue weighted by molar-refractivity contribution is 5.57. The minimum absolute atomic E-state index is 0.874. The van der Waals surface area contributed by atoms with Crippen molar-refractivity contribution in [3.8, 4) is 11.3 Å². The largest absolute Gasteiger partial charge is 0.461 e. The minimum atomic E-state index is 0.874. The maximum atomic E-state index is 5.92. The number of aryl methyl sites for hydroxylation is 1. The van der Waals surface area contributed by atoms with E-state index in [1.54, 1.807) is 0 Å². The van der Waals surface area contributed by atoms with E-state index in [9.17, 15) is 0 Å². The zero-order valence-corrected chi connectivity index (χ0v) is 11.8. The van der Waals surface area contributed by atoms with Crippen LogP contribution in [-0.4, -0.2) is 37.7 Å². The molecule has 0 radical (unpaired) electrons. The van der Waals surface area contributed by atoms with Crippen LogP contribution in [-0.2, 0) is 11.2 Å². The van der Waals surface area contributed by atoms with E-state index in [-0.39, 0.29) is 0 Å². The maximum Gasteiger partial charge on any atom is 0.134 e. The van der Waals surface area contributed by atoms with E-state index in [1.807, 2.05) is 18.2 Å². The van der Waals surface area contributed by atoms with Crippen molar-refractivity contribution in [1.29, 1.82) is 0 Å². The SMILES string of the molecule is c1ccc(-c2ccc(CCCN3CCOCC3)o2)cc1. The number of benzene rings is 1. The fraction of sp³-hybridized carbons (Fsp3) is 0.412. The molecule has 0 amide bonds. The Kier molecular flexibility index (Phi) is 4.51. The third-order valence-electron chi connectivity index (χ3n) is 3.72. The number of furan rings is 1. The molecular weight excluding hydrogens is 250 g/mol. The van der Waals surface area contributed by atoms with Gasteiger partial charge in [-0.3, -0.25) is 4.90 Å². The first kappa shape index (κ1) is 13.4. The van der Waals surface area contributed by atoms with E-state index in [2.05, 4.69) is 29.2 Å². The van der Waals surface area contributed by atoms with E-state index in [1.165, 1.54) is 0 Å². The standard InChI is InChI=1S/C17H21NO2/c1-2-5-15(6-3-1)17-9-8-16(20-17)7-4-10-18-11-13-19-14-12-18/h1-3,5-6,8-9H,4,7,10-14H2. The first-order valence-electron chi connectivity index (χ1n) is 7.36. The summed E-state index contributed by atoms with van der Waals surface area (Å²) >= 11 is 0. The predicted molar refractivity (Wildman–Crippen MR) is 79.7 cm³/mol. The van der Waals surface area contributed by atoms with Crippen molar-refractivity contribution in [3.05, 3.63) is 48.2 Å². The molecule has 0 saturated carbocycles. The zero-order chi connectivity index (χ0) is 13.6. The van der Waals surface area contributed by atoms with Gasteiger partial charge >= 0.3 is 0 Å². The summed E-state index contributed by atoms with van der Waals surface area (Å²) in [5.74, 6) is 2.05.